The summed E-state index contributed by atoms with van der Waals surface area (Å²) in [7, 11) is 0. The number of nitrogens with one attached hydrogen (secondary N) is 2. The largest absolute Gasteiger partial charge is 0.392 e. The van der Waals surface area contributed by atoms with Gasteiger partial charge < -0.3 is 25.2 Å². The van der Waals surface area contributed by atoms with Crippen molar-refractivity contribution in [2.45, 2.75) is 43.2 Å². The fourth-order valence-electron chi connectivity index (χ4n) is 4.23. The molecule has 0 saturated carbocycles. The second kappa shape index (κ2) is 13.3. The maximum Gasteiger partial charge on any atom is 0.319 e. The van der Waals surface area contributed by atoms with Gasteiger partial charge in [-0.2, -0.15) is 0 Å². The SMILES string of the molecule is O=C(NCc1ccccc1)Nc1ccc([C@@H]2O[C@H](CSc3ncccn3)C[C@H](c3ccc(CO)cc3)O2)cc1. The van der Waals surface area contributed by atoms with Crippen LogP contribution in [0.3, 0.4) is 0 Å². The van der Waals surface area contributed by atoms with E-state index in [1.54, 1.807) is 30.2 Å². The van der Waals surface area contributed by atoms with Gasteiger partial charge in [0.15, 0.2) is 11.4 Å². The number of aromatic nitrogens is 2. The predicted octanol–water partition coefficient (Wildman–Crippen LogP) is 5.63. The highest BCUT2D eigenvalue weighted by Gasteiger charge is 2.32. The standard InChI is InChI=1S/C30H30N4O4S/c35-19-22-7-9-23(10-8-22)27-17-26(20-39-30-31-15-4-16-32-30)37-28(38-27)24-11-13-25(14-12-24)34-29(36)33-18-21-5-2-1-3-6-21/h1-16,26-28,35H,17-20H2,(H2,33,34,36)/t26-,27+,28+/m0/s1. The van der Waals surface area contributed by atoms with Crippen molar-refractivity contribution in [1.82, 2.24) is 15.3 Å². The molecule has 3 aromatic carbocycles. The first-order chi connectivity index (χ1) is 19.2. The number of aliphatic hydroxyl groups excluding tert-OH is 1. The fourth-order valence-corrected chi connectivity index (χ4v) is 5.05. The van der Waals surface area contributed by atoms with Gasteiger partial charge in [0.05, 0.1) is 18.8 Å². The molecule has 200 valence electrons. The normalized spacial score (nSPS) is 18.8. The summed E-state index contributed by atoms with van der Waals surface area (Å²) in [5.74, 6) is 0.677. The lowest BCUT2D eigenvalue weighted by Crippen LogP contribution is -2.31. The molecule has 0 spiro atoms. The zero-order valence-corrected chi connectivity index (χ0v) is 22.1. The third-order valence-corrected chi connectivity index (χ3v) is 7.30. The number of urea groups is 1. The Labute approximate surface area is 231 Å². The molecule has 1 saturated heterocycles. The molecule has 9 heteroatoms. The van der Waals surface area contributed by atoms with E-state index in [0.717, 1.165) is 22.3 Å². The minimum absolute atomic E-state index is 0.00145. The Balaban J connectivity index is 1.24. The molecule has 5 rings (SSSR count). The summed E-state index contributed by atoms with van der Waals surface area (Å²) in [5, 5.41) is 15.8. The van der Waals surface area contributed by atoms with Crippen LogP contribution in [0.25, 0.3) is 0 Å². The van der Waals surface area contributed by atoms with E-state index < -0.39 is 6.29 Å². The van der Waals surface area contributed by atoms with Crippen molar-refractivity contribution in [1.29, 1.82) is 0 Å². The number of hydrogen-bond donors (Lipinski definition) is 3. The number of carbonyl (C=O) groups is 1. The second-order valence-corrected chi connectivity index (χ2v) is 10.1. The Morgan fingerprint density at radius 2 is 1.59 bits per heavy atom. The lowest BCUT2D eigenvalue weighted by Gasteiger charge is -2.36. The average molecular weight is 543 g/mol. The van der Waals surface area contributed by atoms with Crippen LogP contribution in [0.1, 0.15) is 41.1 Å². The molecule has 1 aromatic heterocycles. The number of nitrogens with zero attached hydrogens (tertiary/aromatic N) is 2. The molecule has 0 aliphatic carbocycles. The van der Waals surface area contributed by atoms with E-state index in [2.05, 4.69) is 20.6 Å². The topological polar surface area (TPSA) is 106 Å². The van der Waals surface area contributed by atoms with Gasteiger partial charge in [0.1, 0.15) is 0 Å². The Bertz CT molecular complexity index is 1320. The van der Waals surface area contributed by atoms with Gasteiger partial charge in [0.2, 0.25) is 0 Å². The lowest BCUT2D eigenvalue weighted by atomic mass is 10.0. The van der Waals surface area contributed by atoms with Crippen molar-refractivity contribution >= 4 is 23.5 Å². The third kappa shape index (κ3) is 7.64. The van der Waals surface area contributed by atoms with E-state index in [4.69, 9.17) is 9.47 Å². The van der Waals surface area contributed by atoms with Gasteiger partial charge in [-0.3, -0.25) is 0 Å². The molecule has 1 fully saturated rings. The summed E-state index contributed by atoms with van der Waals surface area (Å²) in [6.07, 6.45) is 3.28. The molecule has 3 N–H and O–H groups in total. The van der Waals surface area contributed by atoms with Crippen molar-refractivity contribution in [3.05, 3.63) is 120 Å². The van der Waals surface area contributed by atoms with Gasteiger partial charge in [0, 0.05) is 42.4 Å². The Morgan fingerprint density at radius 3 is 2.31 bits per heavy atom. The van der Waals surface area contributed by atoms with Gasteiger partial charge in [-0.1, -0.05) is 78.5 Å². The summed E-state index contributed by atoms with van der Waals surface area (Å²) in [6.45, 7) is 0.446. The first-order valence-corrected chi connectivity index (χ1v) is 13.7. The molecular formula is C30H30N4O4S. The molecule has 1 aliphatic rings. The first kappa shape index (κ1) is 26.8. The Kier molecular flexibility index (Phi) is 9.18. The van der Waals surface area contributed by atoms with E-state index in [0.29, 0.717) is 29.6 Å². The molecule has 2 amide bonds. The first-order valence-electron chi connectivity index (χ1n) is 12.8. The van der Waals surface area contributed by atoms with Gasteiger partial charge in [-0.15, -0.1) is 0 Å². The molecule has 0 radical (unpaired) electrons. The minimum atomic E-state index is -0.579. The highest BCUT2D eigenvalue weighted by molar-refractivity contribution is 7.99. The van der Waals surface area contributed by atoms with Gasteiger partial charge in [-0.25, -0.2) is 14.8 Å². The van der Waals surface area contributed by atoms with Crippen molar-refractivity contribution in [2.75, 3.05) is 11.1 Å². The van der Waals surface area contributed by atoms with E-state index in [9.17, 15) is 9.90 Å². The van der Waals surface area contributed by atoms with Gasteiger partial charge in [0.25, 0.3) is 0 Å². The van der Waals surface area contributed by atoms with Crippen molar-refractivity contribution in [3.63, 3.8) is 0 Å². The van der Waals surface area contributed by atoms with Gasteiger partial charge >= 0.3 is 6.03 Å². The number of rotatable bonds is 9. The van der Waals surface area contributed by atoms with Crippen LogP contribution in [0.5, 0.6) is 0 Å². The van der Waals surface area contributed by atoms with Crippen LogP contribution in [-0.4, -0.2) is 33.0 Å². The minimum Gasteiger partial charge on any atom is -0.392 e. The number of thioether (sulfide) groups is 1. The number of amides is 2. The van der Waals surface area contributed by atoms with E-state index in [1.807, 2.05) is 78.9 Å². The Morgan fingerprint density at radius 1 is 0.872 bits per heavy atom. The fraction of sp³-hybridized carbons (Fsp3) is 0.233. The van der Waals surface area contributed by atoms with E-state index in [-0.39, 0.29) is 24.8 Å². The van der Waals surface area contributed by atoms with Gasteiger partial charge in [-0.05, 0) is 34.9 Å². The smallest absolute Gasteiger partial charge is 0.319 e. The summed E-state index contributed by atoms with van der Waals surface area (Å²) < 4.78 is 12.8. The summed E-state index contributed by atoms with van der Waals surface area (Å²) >= 11 is 1.55. The monoisotopic (exact) mass is 542 g/mol. The molecule has 8 nitrogen and oxygen atoms in total. The highest BCUT2D eigenvalue weighted by atomic mass is 32.2. The van der Waals surface area contributed by atoms with Crippen molar-refractivity contribution in [2.24, 2.45) is 0 Å². The quantitative estimate of drug-likeness (QED) is 0.186. The maximum atomic E-state index is 12.4. The van der Waals surface area contributed by atoms with E-state index in [1.165, 1.54) is 0 Å². The van der Waals surface area contributed by atoms with Crippen LogP contribution in [0.4, 0.5) is 10.5 Å². The van der Waals surface area contributed by atoms with Crippen LogP contribution >= 0.6 is 11.8 Å². The third-order valence-electron chi connectivity index (χ3n) is 6.29. The molecule has 0 unspecified atom stereocenters. The predicted molar refractivity (Wildman–Crippen MR) is 150 cm³/mol. The van der Waals surface area contributed by atoms with E-state index >= 15 is 0 Å². The second-order valence-electron chi connectivity index (χ2n) is 9.11. The summed E-state index contributed by atoms with van der Waals surface area (Å²) in [6, 6.07) is 26.6. The number of aliphatic hydroxyl groups is 1. The van der Waals surface area contributed by atoms with Crippen molar-refractivity contribution in [3.8, 4) is 0 Å². The molecule has 39 heavy (non-hydrogen) atoms. The van der Waals surface area contributed by atoms with Crippen LogP contribution in [-0.2, 0) is 22.6 Å². The van der Waals surface area contributed by atoms with Crippen LogP contribution in [0.15, 0.2) is 102 Å². The molecule has 2 heterocycles. The van der Waals surface area contributed by atoms with Crippen molar-refractivity contribution < 1.29 is 19.4 Å². The number of anilines is 1. The lowest BCUT2D eigenvalue weighted by molar-refractivity contribution is -0.245. The number of benzene rings is 3. The molecule has 4 aromatic rings. The molecule has 3 atom stereocenters. The highest BCUT2D eigenvalue weighted by Crippen LogP contribution is 2.39. The molecule has 0 bridgehead atoms. The Hall–Kier alpha value is -3.76. The zero-order chi connectivity index (χ0) is 26.9. The number of carbonyl (C=O) groups excluding carboxylic acids is 1. The van der Waals surface area contributed by atoms with Crippen LogP contribution in [0.2, 0.25) is 0 Å². The number of hydrogen-bond acceptors (Lipinski definition) is 7. The summed E-state index contributed by atoms with van der Waals surface area (Å²) in [5.41, 5.74) is 4.44. The molecule has 1 aliphatic heterocycles. The summed E-state index contributed by atoms with van der Waals surface area (Å²) in [4.78, 5) is 21.0. The van der Waals surface area contributed by atoms with Crippen LogP contribution < -0.4 is 10.6 Å². The van der Waals surface area contributed by atoms with Crippen LogP contribution in [0, 0.1) is 0 Å². The number of ether oxygens (including phenoxy) is 2. The molecular weight excluding hydrogens is 512 g/mol. The zero-order valence-electron chi connectivity index (χ0n) is 21.3. The maximum absolute atomic E-state index is 12.4. The average Bonchev–Trinajstić information content (AvgIpc) is 3.00.